The molecule has 0 spiro atoms. The van der Waals surface area contributed by atoms with E-state index < -0.39 is 5.97 Å². The number of ether oxygens (including phenoxy) is 1. The molecule has 0 aliphatic carbocycles. The summed E-state index contributed by atoms with van der Waals surface area (Å²) in [5.74, 6) is -0.425. The first-order chi connectivity index (χ1) is 7.15. The van der Waals surface area contributed by atoms with Crippen molar-refractivity contribution in [1.82, 2.24) is 0 Å². The molecule has 1 aromatic carbocycles. The summed E-state index contributed by atoms with van der Waals surface area (Å²) in [6.45, 7) is 0. The predicted molar refractivity (Wildman–Crippen MR) is 59.3 cm³/mol. The van der Waals surface area contributed by atoms with Crippen LogP contribution < -0.4 is 0 Å². The van der Waals surface area contributed by atoms with E-state index in [0.717, 1.165) is 0 Å². The van der Waals surface area contributed by atoms with Gasteiger partial charge in [-0.2, -0.15) is 5.26 Å². The van der Waals surface area contributed by atoms with Gasteiger partial charge in [-0.05, 0) is 11.6 Å². The molecule has 78 valence electrons. The Bertz CT molecular complexity index is 440. The highest BCUT2D eigenvalue weighted by atomic mass is 35.5. The highest BCUT2D eigenvalue weighted by molar-refractivity contribution is 7.80. The standard InChI is InChI=1S/C10H8ClNO2S/c1-14-10(13)9-6(4-11)2-3-8(15)7(9)5-12/h2-3,15H,4H2,1H3. The molecule has 0 radical (unpaired) electrons. The van der Waals surface area contributed by atoms with E-state index in [0.29, 0.717) is 10.5 Å². The lowest BCUT2D eigenvalue weighted by Gasteiger charge is -2.08. The molecule has 0 saturated carbocycles. The minimum absolute atomic E-state index is 0.146. The van der Waals surface area contributed by atoms with E-state index in [4.69, 9.17) is 16.9 Å². The van der Waals surface area contributed by atoms with Gasteiger partial charge in [0.1, 0.15) is 6.07 Å². The number of nitriles is 1. The SMILES string of the molecule is COC(=O)c1c(CCl)ccc(S)c1C#N. The zero-order chi connectivity index (χ0) is 11.4. The number of thiol groups is 1. The van der Waals surface area contributed by atoms with Gasteiger partial charge >= 0.3 is 5.97 Å². The summed E-state index contributed by atoms with van der Waals surface area (Å²) in [7, 11) is 1.26. The first-order valence-electron chi connectivity index (χ1n) is 4.05. The first-order valence-corrected chi connectivity index (χ1v) is 5.03. The Morgan fingerprint density at radius 1 is 1.67 bits per heavy atom. The van der Waals surface area contributed by atoms with E-state index in [1.54, 1.807) is 12.1 Å². The van der Waals surface area contributed by atoms with Crippen LogP contribution in [-0.2, 0) is 10.6 Å². The van der Waals surface area contributed by atoms with E-state index in [1.807, 2.05) is 6.07 Å². The second-order valence-corrected chi connectivity index (χ2v) is 3.48. The molecule has 0 saturated heterocycles. The molecule has 15 heavy (non-hydrogen) atoms. The van der Waals surface area contributed by atoms with Crippen molar-refractivity contribution in [2.75, 3.05) is 7.11 Å². The first kappa shape index (κ1) is 11.9. The van der Waals surface area contributed by atoms with Crippen molar-refractivity contribution in [1.29, 1.82) is 5.26 Å². The fourth-order valence-electron chi connectivity index (χ4n) is 1.19. The number of esters is 1. The Morgan fingerprint density at radius 2 is 2.33 bits per heavy atom. The summed E-state index contributed by atoms with van der Waals surface area (Å²) >= 11 is 9.77. The number of carbonyl (C=O) groups excluding carboxylic acids is 1. The van der Waals surface area contributed by atoms with Crippen molar-refractivity contribution >= 4 is 30.2 Å². The highest BCUT2D eigenvalue weighted by Gasteiger charge is 2.18. The van der Waals surface area contributed by atoms with Crippen molar-refractivity contribution in [3.05, 3.63) is 28.8 Å². The zero-order valence-corrected chi connectivity index (χ0v) is 9.60. The zero-order valence-electron chi connectivity index (χ0n) is 7.95. The number of nitrogens with zero attached hydrogens (tertiary/aromatic N) is 1. The Labute approximate surface area is 98.0 Å². The molecule has 3 nitrogen and oxygen atoms in total. The average Bonchev–Trinajstić information content (AvgIpc) is 2.27. The van der Waals surface area contributed by atoms with Crippen LogP contribution in [0.2, 0.25) is 0 Å². The molecule has 0 N–H and O–H groups in total. The molecular formula is C10H8ClNO2S. The van der Waals surface area contributed by atoms with E-state index in [1.165, 1.54) is 7.11 Å². The van der Waals surface area contributed by atoms with Gasteiger partial charge in [-0.3, -0.25) is 0 Å². The van der Waals surface area contributed by atoms with Crippen molar-refractivity contribution in [3.8, 4) is 6.07 Å². The number of halogens is 1. The van der Waals surface area contributed by atoms with Crippen LogP contribution in [-0.4, -0.2) is 13.1 Å². The molecule has 1 aromatic rings. The summed E-state index contributed by atoms with van der Waals surface area (Å²) in [5, 5.41) is 8.91. The molecule has 1 rings (SSSR count). The topological polar surface area (TPSA) is 50.1 Å². The number of alkyl halides is 1. The maximum atomic E-state index is 11.5. The summed E-state index contributed by atoms with van der Waals surface area (Å²) in [5.41, 5.74) is 0.962. The third kappa shape index (κ3) is 2.25. The Hall–Kier alpha value is -1.18. The largest absolute Gasteiger partial charge is 0.465 e. The molecule has 0 fully saturated rings. The molecule has 0 unspecified atom stereocenters. The summed E-state index contributed by atoms with van der Waals surface area (Å²) in [4.78, 5) is 11.9. The van der Waals surface area contributed by atoms with Gasteiger partial charge in [0, 0.05) is 10.8 Å². The van der Waals surface area contributed by atoms with Gasteiger partial charge in [-0.15, -0.1) is 24.2 Å². The lowest BCUT2D eigenvalue weighted by Crippen LogP contribution is -2.08. The Balaban J connectivity index is 3.49. The maximum absolute atomic E-state index is 11.5. The molecule has 0 bridgehead atoms. The average molecular weight is 242 g/mol. The normalized spacial score (nSPS) is 9.47. The minimum Gasteiger partial charge on any atom is -0.465 e. The summed E-state index contributed by atoms with van der Waals surface area (Å²) in [6, 6.07) is 5.20. The third-order valence-corrected chi connectivity index (χ3v) is 2.58. The molecule has 0 aliphatic rings. The third-order valence-electron chi connectivity index (χ3n) is 1.91. The van der Waals surface area contributed by atoms with Gasteiger partial charge in [-0.25, -0.2) is 4.79 Å². The van der Waals surface area contributed by atoms with Gasteiger partial charge in [0.25, 0.3) is 0 Å². The number of hydrogen-bond donors (Lipinski definition) is 1. The Kier molecular flexibility index (Phi) is 4.01. The van der Waals surface area contributed by atoms with Crippen molar-refractivity contribution in [2.45, 2.75) is 10.8 Å². The van der Waals surface area contributed by atoms with Crippen molar-refractivity contribution < 1.29 is 9.53 Å². The van der Waals surface area contributed by atoms with Crippen LogP contribution >= 0.6 is 24.2 Å². The lowest BCUT2D eigenvalue weighted by atomic mass is 10.0. The second-order valence-electron chi connectivity index (χ2n) is 2.73. The van der Waals surface area contributed by atoms with E-state index >= 15 is 0 Å². The van der Waals surface area contributed by atoms with Crippen LogP contribution in [0.25, 0.3) is 0 Å². The quantitative estimate of drug-likeness (QED) is 0.491. The van der Waals surface area contributed by atoms with Crippen LogP contribution in [0.3, 0.4) is 0 Å². The molecular weight excluding hydrogens is 234 g/mol. The van der Waals surface area contributed by atoms with Gasteiger partial charge in [0.2, 0.25) is 0 Å². The van der Waals surface area contributed by atoms with Gasteiger partial charge in [-0.1, -0.05) is 6.07 Å². The second kappa shape index (κ2) is 5.06. The highest BCUT2D eigenvalue weighted by Crippen LogP contribution is 2.23. The fraction of sp³-hybridized carbons (Fsp3) is 0.200. The lowest BCUT2D eigenvalue weighted by molar-refractivity contribution is 0.0599. The molecule has 0 amide bonds. The van der Waals surface area contributed by atoms with Gasteiger partial charge in [0.15, 0.2) is 0 Å². The fourth-order valence-corrected chi connectivity index (χ4v) is 1.65. The van der Waals surface area contributed by atoms with Crippen LogP contribution in [0.5, 0.6) is 0 Å². The molecule has 0 heterocycles. The molecule has 0 aliphatic heterocycles. The number of benzene rings is 1. The minimum atomic E-state index is -0.571. The smallest absolute Gasteiger partial charge is 0.339 e. The predicted octanol–water partition coefficient (Wildman–Crippen LogP) is 2.37. The molecule has 0 atom stereocenters. The van der Waals surface area contributed by atoms with Crippen LogP contribution in [0.1, 0.15) is 21.5 Å². The number of hydrogen-bond acceptors (Lipinski definition) is 4. The number of methoxy groups -OCH3 is 1. The van der Waals surface area contributed by atoms with Crippen molar-refractivity contribution in [2.24, 2.45) is 0 Å². The van der Waals surface area contributed by atoms with Crippen molar-refractivity contribution in [3.63, 3.8) is 0 Å². The Morgan fingerprint density at radius 3 is 2.80 bits per heavy atom. The van der Waals surface area contributed by atoms with E-state index in [2.05, 4.69) is 17.4 Å². The molecule has 5 heteroatoms. The monoisotopic (exact) mass is 241 g/mol. The molecule has 0 aromatic heterocycles. The maximum Gasteiger partial charge on any atom is 0.339 e. The van der Waals surface area contributed by atoms with E-state index in [9.17, 15) is 4.79 Å². The van der Waals surface area contributed by atoms with Gasteiger partial charge in [0.05, 0.1) is 18.2 Å². The van der Waals surface area contributed by atoms with E-state index in [-0.39, 0.29) is 17.0 Å². The van der Waals surface area contributed by atoms with Crippen LogP contribution in [0.15, 0.2) is 17.0 Å². The van der Waals surface area contributed by atoms with Crippen LogP contribution in [0, 0.1) is 11.3 Å². The number of carbonyl (C=O) groups is 1. The summed E-state index contributed by atoms with van der Waals surface area (Å²) < 4.78 is 4.59. The summed E-state index contributed by atoms with van der Waals surface area (Å²) in [6.07, 6.45) is 0. The van der Waals surface area contributed by atoms with Crippen LogP contribution in [0.4, 0.5) is 0 Å². The number of rotatable bonds is 2. The van der Waals surface area contributed by atoms with Gasteiger partial charge < -0.3 is 4.74 Å².